The van der Waals surface area contributed by atoms with Gasteiger partial charge in [0.1, 0.15) is 0 Å². The number of carbonyl (C=O) groups is 1. The summed E-state index contributed by atoms with van der Waals surface area (Å²) < 4.78 is 0. The van der Waals surface area contributed by atoms with E-state index in [1.54, 1.807) is 6.07 Å². The number of nitrogens with zero attached hydrogens (tertiary/aromatic N) is 2. The average Bonchev–Trinajstić information content (AvgIpc) is 3.12. The molecule has 0 unspecified atom stereocenters. The standard InChI is InChI=1S/C21H23ClN4OS/c1-13-5-10-16(11-17(13)22)23-18(27)12-28-20-24-19(25-26-20)14-6-8-15(9-7-14)21(2,3)4/h5-11H,12H2,1-4H3,(H,23,27)(H,24,25,26). The van der Waals surface area contributed by atoms with Gasteiger partial charge in [-0.1, -0.05) is 74.5 Å². The second kappa shape index (κ2) is 8.37. The molecule has 0 saturated heterocycles. The zero-order valence-electron chi connectivity index (χ0n) is 16.3. The van der Waals surface area contributed by atoms with Crippen LogP contribution in [-0.4, -0.2) is 26.8 Å². The molecule has 0 fully saturated rings. The van der Waals surface area contributed by atoms with E-state index in [1.165, 1.54) is 17.3 Å². The average molecular weight is 415 g/mol. The van der Waals surface area contributed by atoms with E-state index >= 15 is 0 Å². The van der Waals surface area contributed by atoms with Crippen molar-refractivity contribution >= 4 is 35.0 Å². The molecule has 0 spiro atoms. The lowest BCUT2D eigenvalue weighted by atomic mass is 9.87. The predicted octanol–water partition coefficient (Wildman–Crippen LogP) is 5.46. The van der Waals surface area contributed by atoms with Gasteiger partial charge in [-0.05, 0) is 35.6 Å². The fourth-order valence-electron chi connectivity index (χ4n) is 2.57. The van der Waals surface area contributed by atoms with E-state index in [1.807, 2.05) is 31.2 Å². The van der Waals surface area contributed by atoms with Crippen molar-refractivity contribution in [3.05, 3.63) is 58.6 Å². The van der Waals surface area contributed by atoms with Crippen LogP contribution in [0, 0.1) is 6.92 Å². The van der Waals surface area contributed by atoms with Gasteiger partial charge in [-0.15, -0.1) is 5.10 Å². The molecule has 0 aliphatic carbocycles. The molecular formula is C21H23ClN4OS. The maximum absolute atomic E-state index is 12.1. The maximum Gasteiger partial charge on any atom is 0.234 e. The number of rotatable bonds is 5. The van der Waals surface area contributed by atoms with Gasteiger partial charge >= 0.3 is 0 Å². The van der Waals surface area contributed by atoms with Crippen molar-refractivity contribution in [2.75, 3.05) is 11.1 Å². The van der Waals surface area contributed by atoms with E-state index in [9.17, 15) is 4.79 Å². The molecule has 1 aromatic heterocycles. The molecule has 2 aromatic carbocycles. The molecule has 0 radical (unpaired) electrons. The Kier molecular flexibility index (Phi) is 6.10. The van der Waals surface area contributed by atoms with E-state index in [0.717, 1.165) is 11.1 Å². The Morgan fingerprint density at radius 2 is 1.89 bits per heavy atom. The first kappa shape index (κ1) is 20.4. The Bertz CT molecular complexity index is 977. The van der Waals surface area contributed by atoms with E-state index in [-0.39, 0.29) is 17.1 Å². The third kappa shape index (κ3) is 5.14. The van der Waals surface area contributed by atoms with Crippen LogP contribution in [0.4, 0.5) is 5.69 Å². The molecule has 0 saturated carbocycles. The third-order valence-electron chi connectivity index (χ3n) is 4.28. The molecule has 0 aliphatic rings. The Morgan fingerprint density at radius 1 is 1.18 bits per heavy atom. The van der Waals surface area contributed by atoms with Crippen LogP contribution in [0.3, 0.4) is 0 Å². The molecule has 7 heteroatoms. The highest BCUT2D eigenvalue weighted by atomic mass is 35.5. The summed E-state index contributed by atoms with van der Waals surface area (Å²) in [7, 11) is 0. The summed E-state index contributed by atoms with van der Waals surface area (Å²) in [6.45, 7) is 8.46. The first-order chi connectivity index (χ1) is 13.2. The largest absolute Gasteiger partial charge is 0.325 e. The minimum absolute atomic E-state index is 0.107. The Morgan fingerprint density at radius 3 is 2.54 bits per heavy atom. The highest BCUT2D eigenvalue weighted by molar-refractivity contribution is 7.99. The van der Waals surface area contributed by atoms with Gasteiger partial charge in [-0.2, -0.15) is 0 Å². The lowest BCUT2D eigenvalue weighted by Gasteiger charge is -2.18. The minimum atomic E-state index is -0.134. The van der Waals surface area contributed by atoms with Crippen LogP contribution in [0.25, 0.3) is 11.4 Å². The molecule has 3 rings (SSSR count). The fraction of sp³-hybridized carbons (Fsp3) is 0.286. The van der Waals surface area contributed by atoms with E-state index < -0.39 is 0 Å². The van der Waals surface area contributed by atoms with Crippen molar-refractivity contribution in [3.8, 4) is 11.4 Å². The van der Waals surface area contributed by atoms with Crippen LogP contribution >= 0.6 is 23.4 Å². The lowest BCUT2D eigenvalue weighted by molar-refractivity contribution is -0.113. The smallest absolute Gasteiger partial charge is 0.234 e. The van der Waals surface area contributed by atoms with Crippen molar-refractivity contribution < 1.29 is 4.79 Å². The van der Waals surface area contributed by atoms with Crippen molar-refractivity contribution in [1.82, 2.24) is 15.2 Å². The number of aryl methyl sites for hydroxylation is 1. The summed E-state index contributed by atoms with van der Waals surface area (Å²) in [6, 6.07) is 13.7. The normalized spacial score (nSPS) is 11.5. The van der Waals surface area contributed by atoms with Gasteiger partial charge in [0, 0.05) is 16.3 Å². The number of carbonyl (C=O) groups excluding carboxylic acids is 1. The van der Waals surface area contributed by atoms with Crippen LogP contribution in [0.1, 0.15) is 31.9 Å². The molecule has 28 heavy (non-hydrogen) atoms. The van der Waals surface area contributed by atoms with Crippen molar-refractivity contribution in [1.29, 1.82) is 0 Å². The van der Waals surface area contributed by atoms with Crippen LogP contribution in [0.15, 0.2) is 47.6 Å². The number of hydrogen-bond donors (Lipinski definition) is 2. The summed E-state index contributed by atoms with van der Waals surface area (Å²) in [5.41, 5.74) is 3.98. The third-order valence-corrected chi connectivity index (χ3v) is 5.53. The first-order valence-electron chi connectivity index (χ1n) is 8.94. The predicted molar refractivity (Wildman–Crippen MR) is 116 cm³/mol. The molecule has 0 atom stereocenters. The quantitative estimate of drug-likeness (QED) is 0.543. The fourth-order valence-corrected chi connectivity index (χ4v) is 3.34. The molecule has 3 aromatic rings. The van der Waals surface area contributed by atoms with Gasteiger partial charge in [0.05, 0.1) is 5.75 Å². The van der Waals surface area contributed by atoms with Crippen LogP contribution < -0.4 is 5.32 Å². The maximum atomic E-state index is 12.1. The molecule has 0 aliphatic heterocycles. The van der Waals surface area contributed by atoms with Crippen LogP contribution in [0.5, 0.6) is 0 Å². The number of amides is 1. The zero-order chi connectivity index (χ0) is 20.3. The number of hydrogen-bond acceptors (Lipinski definition) is 4. The van der Waals surface area contributed by atoms with Gasteiger partial charge < -0.3 is 5.32 Å². The highest BCUT2D eigenvalue weighted by Gasteiger charge is 2.14. The van der Waals surface area contributed by atoms with E-state index in [4.69, 9.17) is 11.6 Å². The molecule has 2 N–H and O–H groups in total. The zero-order valence-corrected chi connectivity index (χ0v) is 17.9. The summed E-state index contributed by atoms with van der Waals surface area (Å²) in [5, 5.41) is 11.1. The van der Waals surface area contributed by atoms with E-state index in [0.29, 0.717) is 21.7 Å². The second-order valence-electron chi connectivity index (χ2n) is 7.59. The minimum Gasteiger partial charge on any atom is -0.325 e. The topological polar surface area (TPSA) is 70.7 Å². The highest BCUT2D eigenvalue weighted by Crippen LogP contribution is 2.26. The number of aromatic nitrogens is 3. The van der Waals surface area contributed by atoms with Crippen LogP contribution in [-0.2, 0) is 10.2 Å². The van der Waals surface area contributed by atoms with Gasteiger partial charge in [-0.3, -0.25) is 9.89 Å². The van der Waals surface area contributed by atoms with E-state index in [2.05, 4.69) is 53.4 Å². The number of aromatic amines is 1. The van der Waals surface area contributed by atoms with Crippen LogP contribution in [0.2, 0.25) is 5.02 Å². The number of halogens is 1. The molecule has 0 bridgehead atoms. The number of anilines is 1. The van der Waals surface area contributed by atoms with Gasteiger partial charge in [-0.25, -0.2) is 4.98 Å². The Labute approximate surface area is 174 Å². The van der Waals surface area contributed by atoms with Gasteiger partial charge in [0.25, 0.3) is 0 Å². The molecule has 146 valence electrons. The SMILES string of the molecule is Cc1ccc(NC(=O)CSc2n[nH]c(-c3ccc(C(C)(C)C)cc3)n2)cc1Cl. The van der Waals surface area contributed by atoms with Gasteiger partial charge in [0.2, 0.25) is 11.1 Å². The summed E-state index contributed by atoms with van der Waals surface area (Å²) in [4.78, 5) is 16.6. The Balaban J connectivity index is 1.58. The van der Waals surface area contributed by atoms with Crippen molar-refractivity contribution in [3.63, 3.8) is 0 Å². The van der Waals surface area contributed by atoms with Gasteiger partial charge in [0.15, 0.2) is 5.82 Å². The van der Waals surface area contributed by atoms with Crippen molar-refractivity contribution in [2.24, 2.45) is 0 Å². The molecular weight excluding hydrogens is 392 g/mol. The molecule has 5 nitrogen and oxygen atoms in total. The second-order valence-corrected chi connectivity index (χ2v) is 8.94. The number of benzene rings is 2. The molecule has 1 amide bonds. The van der Waals surface area contributed by atoms with Crippen molar-refractivity contribution in [2.45, 2.75) is 38.3 Å². The summed E-state index contributed by atoms with van der Waals surface area (Å²) in [5.74, 6) is 0.769. The first-order valence-corrected chi connectivity index (χ1v) is 10.3. The Hall–Kier alpha value is -2.31. The monoisotopic (exact) mass is 414 g/mol. The summed E-state index contributed by atoms with van der Waals surface area (Å²) >= 11 is 7.36. The number of nitrogens with one attached hydrogen (secondary N) is 2. The number of thioether (sulfide) groups is 1. The molecule has 1 heterocycles. The number of H-pyrrole nitrogens is 1. The lowest BCUT2D eigenvalue weighted by Crippen LogP contribution is -2.14. The summed E-state index contributed by atoms with van der Waals surface area (Å²) in [6.07, 6.45) is 0.